The van der Waals surface area contributed by atoms with Crippen LogP contribution in [0.5, 0.6) is 0 Å². The van der Waals surface area contributed by atoms with E-state index in [0.29, 0.717) is 12.5 Å². The van der Waals surface area contributed by atoms with Gasteiger partial charge in [-0.1, -0.05) is 55.5 Å². The Hall–Kier alpha value is -1.38. The molecule has 0 radical (unpaired) electrons. The molecule has 2 nitrogen and oxygen atoms in total. The Balaban J connectivity index is 2.90. The summed E-state index contributed by atoms with van der Waals surface area (Å²) in [6, 6.07) is 10.7. The molecule has 0 fully saturated rings. The van der Waals surface area contributed by atoms with Gasteiger partial charge in [0, 0.05) is 12.5 Å². The zero-order valence-corrected chi connectivity index (χ0v) is 15.4. The van der Waals surface area contributed by atoms with Gasteiger partial charge in [-0.3, -0.25) is 0 Å². The van der Waals surface area contributed by atoms with Crippen LogP contribution in [0.25, 0.3) is 0 Å². The Morgan fingerprint density at radius 2 is 1.91 bits per heavy atom. The van der Waals surface area contributed by atoms with Crippen molar-refractivity contribution in [3.8, 4) is 0 Å². The molecule has 0 aliphatic carbocycles. The van der Waals surface area contributed by atoms with Gasteiger partial charge in [-0.25, -0.2) is 0 Å². The Bertz CT molecular complexity index is 496. The SMILES string of the molecule is C/C=C\C(=C/CC)C(CCN(C)CC(C)(C)O)c1ccccc1. The molecule has 1 aromatic rings. The summed E-state index contributed by atoms with van der Waals surface area (Å²) < 4.78 is 0. The topological polar surface area (TPSA) is 23.5 Å². The Kier molecular flexibility index (Phi) is 8.29. The van der Waals surface area contributed by atoms with Crippen LogP contribution in [0.4, 0.5) is 0 Å². The summed E-state index contributed by atoms with van der Waals surface area (Å²) in [5.41, 5.74) is 2.10. The first kappa shape index (κ1) is 19.7. The third-order valence-electron chi connectivity index (χ3n) is 3.86. The summed E-state index contributed by atoms with van der Waals surface area (Å²) in [4.78, 5) is 2.22. The number of benzene rings is 1. The van der Waals surface area contributed by atoms with Gasteiger partial charge in [-0.2, -0.15) is 0 Å². The van der Waals surface area contributed by atoms with Crippen molar-refractivity contribution in [3.63, 3.8) is 0 Å². The highest BCUT2D eigenvalue weighted by Crippen LogP contribution is 2.29. The maximum absolute atomic E-state index is 9.98. The number of hydrogen-bond acceptors (Lipinski definition) is 2. The van der Waals surface area contributed by atoms with Crippen LogP contribution in [-0.2, 0) is 0 Å². The Morgan fingerprint density at radius 1 is 1.26 bits per heavy atom. The number of aliphatic hydroxyl groups is 1. The van der Waals surface area contributed by atoms with Gasteiger partial charge >= 0.3 is 0 Å². The second-order valence-electron chi connectivity index (χ2n) is 6.91. The van der Waals surface area contributed by atoms with E-state index >= 15 is 0 Å². The number of likely N-dealkylation sites (N-methyl/N-ethyl adjacent to an activating group) is 1. The van der Waals surface area contributed by atoms with Crippen molar-refractivity contribution in [2.24, 2.45) is 0 Å². The Morgan fingerprint density at radius 3 is 2.43 bits per heavy atom. The minimum atomic E-state index is -0.650. The molecule has 1 aromatic carbocycles. The molecule has 0 aliphatic heterocycles. The van der Waals surface area contributed by atoms with E-state index < -0.39 is 5.60 Å². The van der Waals surface area contributed by atoms with Crippen molar-refractivity contribution < 1.29 is 5.11 Å². The summed E-state index contributed by atoms with van der Waals surface area (Å²) >= 11 is 0. The van der Waals surface area contributed by atoms with Gasteiger partial charge in [0.1, 0.15) is 0 Å². The minimum Gasteiger partial charge on any atom is -0.389 e. The van der Waals surface area contributed by atoms with Crippen LogP contribution in [0.15, 0.2) is 54.1 Å². The molecule has 1 rings (SSSR count). The fourth-order valence-electron chi connectivity index (χ4n) is 3.05. The van der Waals surface area contributed by atoms with Crippen molar-refractivity contribution in [3.05, 3.63) is 59.7 Å². The van der Waals surface area contributed by atoms with E-state index in [1.165, 1.54) is 11.1 Å². The highest BCUT2D eigenvalue weighted by molar-refractivity contribution is 5.35. The molecule has 23 heavy (non-hydrogen) atoms. The predicted octanol–water partition coefficient (Wildman–Crippen LogP) is 4.78. The van der Waals surface area contributed by atoms with E-state index in [9.17, 15) is 5.11 Å². The maximum atomic E-state index is 9.98. The van der Waals surface area contributed by atoms with E-state index in [4.69, 9.17) is 0 Å². The van der Waals surface area contributed by atoms with Crippen LogP contribution in [-0.4, -0.2) is 35.7 Å². The second-order valence-corrected chi connectivity index (χ2v) is 6.91. The summed E-state index contributed by atoms with van der Waals surface area (Å²) in [5.74, 6) is 0.400. The summed E-state index contributed by atoms with van der Waals surface area (Å²) in [5, 5.41) is 9.98. The summed E-state index contributed by atoms with van der Waals surface area (Å²) in [7, 11) is 2.08. The second kappa shape index (κ2) is 9.69. The van der Waals surface area contributed by atoms with E-state index in [1.807, 2.05) is 13.8 Å². The van der Waals surface area contributed by atoms with E-state index in [2.05, 4.69) is 74.4 Å². The monoisotopic (exact) mass is 315 g/mol. The van der Waals surface area contributed by atoms with Gasteiger partial charge in [0.15, 0.2) is 0 Å². The largest absolute Gasteiger partial charge is 0.389 e. The van der Waals surface area contributed by atoms with Gasteiger partial charge in [-0.05, 0) is 58.3 Å². The lowest BCUT2D eigenvalue weighted by Crippen LogP contribution is -2.37. The fourth-order valence-corrected chi connectivity index (χ4v) is 3.05. The molecule has 0 saturated heterocycles. The quantitative estimate of drug-likeness (QED) is 0.663. The molecule has 1 unspecified atom stereocenters. The molecule has 1 atom stereocenters. The molecular formula is C21H33NO. The average Bonchev–Trinajstić information content (AvgIpc) is 2.47. The molecule has 0 saturated carbocycles. The van der Waals surface area contributed by atoms with Gasteiger partial charge in [0.2, 0.25) is 0 Å². The molecule has 128 valence electrons. The molecule has 0 spiro atoms. The van der Waals surface area contributed by atoms with Gasteiger partial charge < -0.3 is 10.0 Å². The zero-order valence-electron chi connectivity index (χ0n) is 15.4. The van der Waals surface area contributed by atoms with Crippen LogP contribution in [0.1, 0.15) is 52.0 Å². The van der Waals surface area contributed by atoms with E-state index in [0.717, 1.165) is 19.4 Å². The summed E-state index contributed by atoms with van der Waals surface area (Å²) in [6.07, 6.45) is 8.78. The molecule has 0 bridgehead atoms. The fraction of sp³-hybridized carbons (Fsp3) is 0.524. The lowest BCUT2D eigenvalue weighted by Gasteiger charge is -2.27. The standard InChI is InChI=1S/C21H33NO/c1-6-11-18(12-7-2)20(19-13-9-8-10-14-19)15-16-22(5)17-21(3,4)23/h6,8-14,20,23H,7,15-17H2,1-5H3/b11-6-,18-12+. The van der Waals surface area contributed by atoms with Crippen molar-refractivity contribution in [1.29, 1.82) is 0 Å². The van der Waals surface area contributed by atoms with E-state index in [1.54, 1.807) is 0 Å². The van der Waals surface area contributed by atoms with Crippen LogP contribution >= 0.6 is 0 Å². The van der Waals surface area contributed by atoms with Crippen molar-refractivity contribution in [2.45, 2.75) is 52.1 Å². The van der Waals surface area contributed by atoms with Gasteiger partial charge in [-0.15, -0.1) is 0 Å². The Labute approximate surface area is 142 Å². The number of rotatable bonds is 9. The maximum Gasteiger partial charge on any atom is 0.0718 e. The predicted molar refractivity (Wildman–Crippen MR) is 101 cm³/mol. The molecule has 0 aliphatic rings. The number of allylic oxidation sites excluding steroid dienone is 4. The number of nitrogens with zero attached hydrogens (tertiary/aromatic N) is 1. The average molecular weight is 316 g/mol. The van der Waals surface area contributed by atoms with Crippen molar-refractivity contribution in [2.75, 3.05) is 20.1 Å². The van der Waals surface area contributed by atoms with Crippen LogP contribution in [0.2, 0.25) is 0 Å². The van der Waals surface area contributed by atoms with Gasteiger partial charge in [0.05, 0.1) is 5.60 Å². The first-order chi connectivity index (χ1) is 10.9. The van der Waals surface area contributed by atoms with Crippen molar-refractivity contribution >= 4 is 0 Å². The minimum absolute atomic E-state index is 0.400. The van der Waals surface area contributed by atoms with Crippen LogP contribution in [0, 0.1) is 0 Å². The normalized spacial score (nSPS) is 14.7. The first-order valence-corrected chi connectivity index (χ1v) is 8.66. The van der Waals surface area contributed by atoms with Crippen LogP contribution in [0.3, 0.4) is 0 Å². The number of hydrogen-bond donors (Lipinski definition) is 1. The highest BCUT2D eigenvalue weighted by atomic mass is 16.3. The third-order valence-corrected chi connectivity index (χ3v) is 3.86. The molecule has 2 heteroatoms. The third kappa shape index (κ3) is 7.62. The smallest absolute Gasteiger partial charge is 0.0718 e. The molecule has 0 aromatic heterocycles. The first-order valence-electron chi connectivity index (χ1n) is 8.66. The van der Waals surface area contributed by atoms with Crippen LogP contribution < -0.4 is 0 Å². The zero-order chi connectivity index (χ0) is 17.3. The molecule has 0 amide bonds. The molecule has 1 N–H and O–H groups in total. The van der Waals surface area contributed by atoms with E-state index in [-0.39, 0.29) is 0 Å². The lowest BCUT2D eigenvalue weighted by molar-refractivity contribution is 0.0441. The van der Waals surface area contributed by atoms with Crippen molar-refractivity contribution in [1.82, 2.24) is 4.90 Å². The molecule has 0 heterocycles. The lowest BCUT2D eigenvalue weighted by atomic mass is 9.87. The van der Waals surface area contributed by atoms with Gasteiger partial charge in [0.25, 0.3) is 0 Å². The highest BCUT2D eigenvalue weighted by Gasteiger charge is 2.19. The summed E-state index contributed by atoms with van der Waals surface area (Å²) in [6.45, 7) is 9.63. The molecular weight excluding hydrogens is 282 g/mol.